The Morgan fingerprint density at radius 2 is 2.22 bits per heavy atom. The van der Waals surface area contributed by atoms with E-state index in [0.29, 0.717) is 24.4 Å². The maximum atomic E-state index is 12.5. The number of nitrogens with one attached hydrogen (secondary N) is 2. The van der Waals surface area contributed by atoms with Crippen LogP contribution in [-0.2, 0) is 17.6 Å². The van der Waals surface area contributed by atoms with Crippen molar-refractivity contribution in [3.63, 3.8) is 0 Å². The maximum Gasteiger partial charge on any atom is 0.427 e. The second-order valence-corrected chi connectivity index (χ2v) is 7.22. The molecule has 144 valence electrons. The Balaban J connectivity index is 1.70. The van der Waals surface area contributed by atoms with Gasteiger partial charge in [0, 0.05) is 29.0 Å². The molecule has 1 aliphatic carbocycles. The zero-order valence-corrected chi connectivity index (χ0v) is 16.3. The summed E-state index contributed by atoms with van der Waals surface area (Å²) in [6.45, 7) is 4.41. The van der Waals surface area contributed by atoms with E-state index in [9.17, 15) is 9.59 Å². The van der Waals surface area contributed by atoms with Crippen molar-refractivity contribution in [3.8, 4) is 0 Å². The largest absolute Gasteiger partial charge is 0.455 e. The quantitative estimate of drug-likeness (QED) is 0.741. The Labute approximate surface area is 161 Å². The van der Waals surface area contributed by atoms with Crippen molar-refractivity contribution in [2.24, 2.45) is 5.10 Å². The van der Waals surface area contributed by atoms with E-state index in [1.165, 1.54) is 4.88 Å². The molecular weight excluding hydrogens is 366 g/mol. The Kier molecular flexibility index (Phi) is 6.28. The van der Waals surface area contributed by atoms with Crippen molar-refractivity contribution >= 4 is 29.0 Å². The lowest BCUT2D eigenvalue weighted by molar-refractivity contribution is 0.0923. The summed E-state index contributed by atoms with van der Waals surface area (Å²) in [6.07, 6.45) is 2.50. The van der Waals surface area contributed by atoms with Crippen LogP contribution in [0.2, 0.25) is 0 Å². The van der Waals surface area contributed by atoms with Gasteiger partial charge in [-0.2, -0.15) is 5.10 Å². The molecule has 2 heterocycles. The first-order valence-electron chi connectivity index (χ1n) is 9.02. The predicted molar refractivity (Wildman–Crippen MR) is 103 cm³/mol. The molecule has 0 fully saturated rings. The predicted octanol–water partition coefficient (Wildman–Crippen LogP) is 3.41. The summed E-state index contributed by atoms with van der Waals surface area (Å²) in [4.78, 5) is 25.3. The van der Waals surface area contributed by atoms with E-state index in [2.05, 4.69) is 15.8 Å². The second-order valence-electron chi connectivity index (χ2n) is 6.18. The van der Waals surface area contributed by atoms with Gasteiger partial charge in [-0.1, -0.05) is 6.07 Å². The van der Waals surface area contributed by atoms with Crippen LogP contribution in [0, 0.1) is 6.92 Å². The van der Waals surface area contributed by atoms with Gasteiger partial charge in [-0.25, -0.2) is 10.2 Å². The number of hydrogen-bond donors (Lipinski definition) is 2. The average molecular weight is 389 g/mol. The number of ether oxygens (including phenoxy) is 1. The lowest BCUT2D eigenvalue weighted by Gasteiger charge is -2.13. The van der Waals surface area contributed by atoms with Gasteiger partial charge in [-0.05, 0) is 44.6 Å². The summed E-state index contributed by atoms with van der Waals surface area (Å²) in [5.41, 5.74) is 4.68. The first-order chi connectivity index (χ1) is 13.1. The van der Waals surface area contributed by atoms with Gasteiger partial charge >= 0.3 is 6.09 Å². The van der Waals surface area contributed by atoms with Crippen LogP contribution < -0.4 is 10.7 Å². The van der Waals surface area contributed by atoms with Crippen LogP contribution in [0.3, 0.4) is 0 Å². The van der Waals surface area contributed by atoms with E-state index in [0.717, 1.165) is 36.1 Å². The molecule has 0 radical (unpaired) electrons. The molecule has 2 amide bonds. The van der Waals surface area contributed by atoms with Gasteiger partial charge in [0.1, 0.15) is 5.76 Å². The van der Waals surface area contributed by atoms with E-state index >= 15 is 0 Å². The minimum absolute atomic E-state index is 0.226. The number of hydrogen-bond acceptors (Lipinski definition) is 6. The van der Waals surface area contributed by atoms with Crippen LogP contribution in [0.4, 0.5) is 4.79 Å². The molecule has 0 atom stereocenters. The molecule has 2 N–H and O–H groups in total. The fourth-order valence-corrected chi connectivity index (χ4v) is 3.82. The van der Waals surface area contributed by atoms with Crippen LogP contribution >= 0.6 is 11.3 Å². The summed E-state index contributed by atoms with van der Waals surface area (Å²) in [6, 6.07) is 4.05. The van der Waals surface area contributed by atoms with Gasteiger partial charge in [0.05, 0.1) is 12.3 Å². The van der Waals surface area contributed by atoms with Crippen LogP contribution in [0.25, 0.3) is 0 Å². The van der Waals surface area contributed by atoms with Gasteiger partial charge in [-0.3, -0.25) is 4.79 Å². The van der Waals surface area contributed by atoms with Gasteiger partial charge in [0.2, 0.25) is 0 Å². The zero-order valence-electron chi connectivity index (χ0n) is 15.5. The molecule has 8 heteroatoms. The third kappa shape index (κ3) is 4.57. The number of carbonyl (C=O) groups is 2. The molecule has 27 heavy (non-hydrogen) atoms. The van der Waals surface area contributed by atoms with Crippen LogP contribution in [0.5, 0.6) is 0 Å². The molecule has 1 aliphatic rings. The van der Waals surface area contributed by atoms with Crippen LogP contribution in [0.1, 0.15) is 52.1 Å². The fraction of sp³-hybridized carbons (Fsp3) is 0.421. The number of thiophene rings is 1. The van der Waals surface area contributed by atoms with Gasteiger partial charge in [0.15, 0.2) is 5.76 Å². The molecule has 0 aromatic carbocycles. The first-order valence-corrected chi connectivity index (χ1v) is 9.90. The molecule has 0 saturated carbocycles. The SMILES string of the molecule is CCOC(=O)N/N=C1\CCCc2oc(C(=O)NCCc3cccs3)c(C)c21. The van der Waals surface area contributed by atoms with Crippen molar-refractivity contribution in [2.75, 3.05) is 13.2 Å². The van der Waals surface area contributed by atoms with Crippen molar-refractivity contribution in [1.82, 2.24) is 10.7 Å². The molecule has 0 saturated heterocycles. The topological polar surface area (TPSA) is 92.9 Å². The molecule has 3 rings (SSSR count). The van der Waals surface area contributed by atoms with E-state index in [1.807, 2.05) is 24.4 Å². The summed E-state index contributed by atoms with van der Waals surface area (Å²) in [5, 5.41) is 9.11. The fourth-order valence-electron chi connectivity index (χ4n) is 3.11. The number of fused-ring (bicyclic) bond motifs is 1. The molecule has 0 bridgehead atoms. The molecule has 0 aliphatic heterocycles. The molecule has 0 spiro atoms. The smallest absolute Gasteiger partial charge is 0.427 e. The van der Waals surface area contributed by atoms with Crippen LogP contribution in [-0.4, -0.2) is 30.9 Å². The number of carbonyl (C=O) groups excluding carboxylic acids is 2. The van der Waals surface area contributed by atoms with E-state index < -0.39 is 6.09 Å². The third-order valence-corrected chi connectivity index (χ3v) is 5.26. The highest BCUT2D eigenvalue weighted by atomic mass is 32.1. The zero-order chi connectivity index (χ0) is 19.2. The summed E-state index contributed by atoms with van der Waals surface area (Å²) in [5.74, 6) is 0.833. The van der Waals surface area contributed by atoms with Crippen molar-refractivity contribution < 1.29 is 18.7 Å². The standard InChI is InChI=1S/C19H23N3O4S/c1-3-25-19(24)22-21-14-7-4-8-15-16(14)12(2)17(26-15)18(23)20-10-9-13-6-5-11-27-13/h5-6,11H,3-4,7-10H2,1-2H3,(H,20,23)(H,22,24)/b21-14+. The Bertz CT molecular complexity index is 840. The van der Waals surface area contributed by atoms with E-state index in [1.54, 1.807) is 18.3 Å². The van der Waals surface area contributed by atoms with Crippen molar-refractivity contribution in [2.45, 2.75) is 39.5 Å². The minimum Gasteiger partial charge on any atom is -0.455 e. The lowest BCUT2D eigenvalue weighted by atomic mass is 9.93. The minimum atomic E-state index is -0.593. The Morgan fingerprint density at radius 1 is 1.37 bits per heavy atom. The lowest BCUT2D eigenvalue weighted by Crippen LogP contribution is -2.26. The summed E-state index contributed by atoms with van der Waals surface area (Å²) in [7, 11) is 0. The Hall–Kier alpha value is -2.61. The first kappa shape index (κ1) is 19.2. The highest BCUT2D eigenvalue weighted by Crippen LogP contribution is 2.29. The van der Waals surface area contributed by atoms with Crippen molar-refractivity contribution in [1.29, 1.82) is 0 Å². The molecule has 7 nitrogen and oxygen atoms in total. The highest BCUT2D eigenvalue weighted by molar-refractivity contribution is 7.09. The molecule has 0 unspecified atom stereocenters. The van der Waals surface area contributed by atoms with Gasteiger partial charge < -0.3 is 14.5 Å². The molecule has 2 aromatic rings. The Morgan fingerprint density at radius 3 is 2.96 bits per heavy atom. The van der Waals surface area contributed by atoms with Gasteiger partial charge in [0.25, 0.3) is 5.91 Å². The number of rotatable bonds is 6. The monoisotopic (exact) mass is 389 g/mol. The average Bonchev–Trinajstić information content (AvgIpc) is 3.28. The number of nitrogens with zero attached hydrogens (tertiary/aromatic N) is 1. The summed E-state index contributed by atoms with van der Waals surface area (Å²) >= 11 is 1.67. The maximum absolute atomic E-state index is 12.5. The summed E-state index contributed by atoms with van der Waals surface area (Å²) < 4.78 is 10.7. The number of aryl methyl sites for hydroxylation is 1. The van der Waals surface area contributed by atoms with Gasteiger partial charge in [-0.15, -0.1) is 11.3 Å². The number of amides is 2. The molecule has 2 aromatic heterocycles. The highest BCUT2D eigenvalue weighted by Gasteiger charge is 2.28. The van der Waals surface area contributed by atoms with Crippen molar-refractivity contribution in [3.05, 3.63) is 45.0 Å². The van der Waals surface area contributed by atoms with E-state index in [4.69, 9.17) is 9.15 Å². The van der Waals surface area contributed by atoms with Crippen LogP contribution in [0.15, 0.2) is 27.0 Å². The molecular formula is C19H23N3O4S. The normalized spacial score (nSPS) is 14.7. The number of furan rings is 1. The number of hydrazone groups is 1. The second kappa shape index (κ2) is 8.85. The third-order valence-electron chi connectivity index (χ3n) is 4.33. The van der Waals surface area contributed by atoms with E-state index in [-0.39, 0.29) is 12.5 Å².